The zero-order valence-electron chi connectivity index (χ0n) is 19.8. The summed E-state index contributed by atoms with van der Waals surface area (Å²) in [6.45, 7) is 1.99. The number of rotatable bonds is 6. The number of hydrogen-bond acceptors (Lipinski definition) is 6. The van der Waals surface area contributed by atoms with Crippen molar-refractivity contribution in [1.82, 2.24) is 14.8 Å². The first-order valence-electron chi connectivity index (χ1n) is 11.2. The van der Waals surface area contributed by atoms with Gasteiger partial charge in [0.15, 0.2) is 5.82 Å². The van der Waals surface area contributed by atoms with Gasteiger partial charge in [0.2, 0.25) is 0 Å². The van der Waals surface area contributed by atoms with Gasteiger partial charge >= 0.3 is 0 Å². The van der Waals surface area contributed by atoms with Crippen molar-refractivity contribution < 1.29 is 13.2 Å². The Labute approximate surface area is 218 Å². The van der Waals surface area contributed by atoms with Gasteiger partial charge in [-0.1, -0.05) is 23.7 Å². The number of benzene rings is 3. The van der Waals surface area contributed by atoms with Crippen LogP contribution < -0.4 is 15.0 Å². The summed E-state index contributed by atoms with van der Waals surface area (Å²) in [5, 5.41) is 8.63. The van der Waals surface area contributed by atoms with E-state index in [0.29, 0.717) is 27.4 Å². The molecule has 10 heteroatoms. The molecule has 0 saturated carbocycles. The third kappa shape index (κ3) is 4.78. The molecule has 3 aromatic carbocycles. The number of nitrogens with one attached hydrogen (secondary N) is 1. The van der Waals surface area contributed by atoms with Crippen molar-refractivity contribution >= 4 is 38.3 Å². The molecule has 0 atom stereocenters. The van der Waals surface area contributed by atoms with Gasteiger partial charge in [-0.2, -0.15) is 5.10 Å². The van der Waals surface area contributed by atoms with Gasteiger partial charge in [0.25, 0.3) is 15.6 Å². The fraction of sp³-hybridized carbons (Fsp3) is 0.0741. The topological polar surface area (TPSA) is 103 Å². The summed E-state index contributed by atoms with van der Waals surface area (Å²) in [6, 6.07) is 21.8. The van der Waals surface area contributed by atoms with Gasteiger partial charge in [-0.25, -0.2) is 8.42 Å². The number of halogens is 1. The monoisotopic (exact) mass is 532 g/mol. The summed E-state index contributed by atoms with van der Waals surface area (Å²) in [7, 11) is -2.39. The smallest absolute Gasteiger partial charge is 0.263 e. The lowest BCUT2D eigenvalue weighted by Gasteiger charge is -2.16. The highest BCUT2D eigenvalue weighted by Gasteiger charge is 2.18. The van der Waals surface area contributed by atoms with Crippen LogP contribution in [0.4, 0.5) is 5.82 Å². The van der Waals surface area contributed by atoms with Crippen molar-refractivity contribution in [2.24, 2.45) is 0 Å². The summed E-state index contributed by atoms with van der Waals surface area (Å²) in [5.41, 5.74) is 3.65. The lowest BCUT2D eigenvalue weighted by atomic mass is 10.00. The Morgan fingerprint density at radius 1 is 0.973 bits per heavy atom. The quantitative estimate of drug-likeness (QED) is 0.321. The largest absolute Gasteiger partial charge is 0.495 e. The van der Waals surface area contributed by atoms with Gasteiger partial charge in [-0.15, -0.1) is 5.10 Å². The highest BCUT2D eigenvalue weighted by molar-refractivity contribution is 7.92. The highest BCUT2D eigenvalue weighted by atomic mass is 35.5. The van der Waals surface area contributed by atoms with Crippen molar-refractivity contribution in [3.8, 4) is 22.6 Å². The number of ether oxygens (including phenoxy) is 1. The molecule has 2 aromatic heterocycles. The lowest BCUT2D eigenvalue weighted by molar-refractivity contribution is 0.413. The van der Waals surface area contributed by atoms with E-state index in [1.807, 2.05) is 37.3 Å². The van der Waals surface area contributed by atoms with E-state index in [0.717, 1.165) is 16.7 Å². The van der Waals surface area contributed by atoms with E-state index in [2.05, 4.69) is 14.9 Å². The predicted octanol–water partition coefficient (Wildman–Crippen LogP) is 5.22. The average Bonchev–Trinajstić information content (AvgIpc) is 2.90. The van der Waals surface area contributed by atoms with E-state index in [4.69, 9.17) is 16.3 Å². The van der Waals surface area contributed by atoms with Gasteiger partial charge in [-0.05, 0) is 84.3 Å². The molecule has 0 aliphatic rings. The van der Waals surface area contributed by atoms with Gasteiger partial charge in [0.05, 0.1) is 23.2 Å². The second-order valence-electron chi connectivity index (χ2n) is 8.29. The molecule has 0 bridgehead atoms. The average molecular weight is 533 g/mol. The summed E-state index contributed by atoms with van der Waals surface area (Å²) < 4.78 is 35.4. The molecule has 0 fully saturated rings. The van der Waals surface area contributed by atoms with Crippen LogP contribution in [0.1, 0.15) is 5.56 Å². The molecular weight excluding hydrogens is 512 g/mol. The standard InChI is InChI=1S/C27H21ClN4O4S/c1-17-5-8-20(28)16-22(17)18-6-10-24(25(15-18)36-2)32-23-11-9-21(14-19(23)7-12-27(32)33)37(34,35)31-26-4-3-13-29-30-26/h3-16H,1-2H3,(H,30,31). The number of pyridine rings is 1. The molecule has 0 saturated heterocycles. The summed E-state index contributed by atoms with van der Waals surface area (Å²) in [5.74, 6) is 0.583. The van der Waals surface area contributed by atoms with Crippen LogP contribution in [0.5, 0.6) is 5.75 Å². The lowest BCUT2D eigenvalue weighted by Crippen LogP contribution is -2.19. The molecule has 1 N–H and O–H groups in total. The fourth-order valence-corrected chi connectivity index (χ4v) is 5.33. The minimum atomic E-state index is -3.92. The fourth-order valence-electron chi connectivity index (χ4n) is 4.13. The molecule has 0 aliphatic carbocycles. The molecular formula is C27H21ClN4O4S. The third-order valence-corrected chi connectivity index (χ3v) is 7.51. The Bertz CT molecular complexity index is 1810. The second kappa shape index (κ2) is 9.68. The number of nitrogens with zero attached hydrogens (tertiary/aromatic N) is 3. The number of aromatic nitrogens is 3. The minimum Gasteiger partial charge on any atom is -0.495 e. The molecule has 37 heavy (non-hydrogen) atoms. The van der Waals surface area contributed by atoms with E-state index in [1.54, 1.807) is 24.3 Å². The normalized spacial score (nSPS) is 11.4. The number of hydrogen-bond donors (Lipinski definition) is 1. The molecule has 0 radical (unpaired) electrons. The van der Waals surface area contributed by atoms with Crippen molar-refractivity contribution in [2.45, 2.75) is 11.8 Å². The Morgan fingerprint density at radius 2 is 1.81 bits per heavy atom. The van der Waals surface area contributed by atoms with E-state index in [9.17, 15) is 13.2 Å². The van der Waals surface area contributed by atoms with Crippen LogP contribution >= 0.6 is 11.6 Å². The van der Waals surface area contributed by atoms with Crippen LogP contribution in [0.2, 0.25) is 5.02 Å². The SMILES string of the molecule is COc1cc(-c2cc(Cl)ccc2C)ccc1-n1c(=O)ccc2cc(S(=O)(=O)Nc3cccnn3)ccc21. The number of aryl methyl sites for hydroxylation is 1. The Kier molecular flexibility index (Phi) is 6.41. The maximum atomic E-state index is 13.0. The molecule has 0 unspecified atom stereocenters. The Balaban J connectivity index is 1.61. The molecule has 2 heterocycles. The van der Waals surface area contributed by atoms with Crippen LogP contribution in [0.15, 0.2) is 94.7 Å². The van der Waals surface area contributed by atoms with Crippen LogP contribution in [-0.4, -0.2) is 30.3 Å². The molecule has 8 nitrogen and oxygen atoms in total. The first-order valence-corrected chi connectivity index (χ1v) is 13.0. The van der Waals surface area contributed by atoms with Crippen molar-refractivity contribution in [2.75, 3.05) is 11.8 Å². The van der Waals surface area contributed by atoms with E-state index < -0.39 is 10.0 Å². The Morgan fingerprint density at radius 3 is 2.57 bits per heavy atom. The van der Waals surface area contributed by atoms with Gasteiger partial charge in [0.1, 0.15) is 5.75 Å². The molecule has 5 aromatic rings. The molecule has 186 valence electrons. The van der Waals surface area contributed by atoms with E-state index >= 15 is 0 Å². The van der Waals surface area contributed by atoms with Crippen LogP contribution in [0, 0.1) is 6.92 Å². The first-order chi connectivity index (χ1) is 17.8. The summed E-state index contributed by atoms with van der Waals surface area (Å²) in [6.07, 6.45) is 1.45. The summed E-state index contributed by atoms with van der Waals surface area (Å²) in [4.78, 5) is 13.0. The zero-order chi connectivity index (χ0) is 26.2. The highest BCUT2D eigenvalue weighted by Crippen LogP contribution is 2.33. The van der Waals surface area contributed by atoms with E-state index in [1.165, 1.54) is 42.1 Å². The number of anilines is 1. The van der Waals surface area contributed by atoms with Crippen LogP contribution in [-0.2, 0) is 10.0 Å². The van der Waals surface area contributed by atoms with Crippen molar-refractivity contribution in [3.63, 3.8) is 0 Å². The second-order valence-corrected chi connectivity index (χ2v) is 10.4. The van der Waals surface area contributed by atoms with Crippen LogP contribution in [0.25, 0.3) is 27.7 Å². The number of fused-ring (bicyclic) bond motifs is 1. The number of methoxy groups -OCH3 is 1. The molecule has 0 spiro atoms. The molecule has 0 aliphatic heterocycles. The number of sulfonamides is 1. The van der Waals surface area contributed by atoms with Gasteiger partial charge < -0.3 is 4.74 Å². The maximum Gasteiger partial charge on any atom is 0.263 e. The molecule has 0 amide bonds. The maximum absolute atomic E-state index is 13.0. The van der Waals surface area contributed by atoms with E-state index in [-0.39, 0.29) is 16.3 Å². The van der Waals surface area contributed by atoms with Crippen LogP contribution in [0.3, 0.4) is 0 Å². The minimum absolute atomic E-state index is 0.0228. The van der Waals surface area contributed by atoms with Gasteiger partial charge in [0, 0.05) is 22.7 Å². The summed E-state index contributed by atoms with van der Waals surface area (Å²) >= 11 is 6.21. The van der Waals surface area contributed by atoms with Crippen molar-refractivity contribution in [1.29, 1.82) is 0 Å². The zero-order valence-corrected chi connectivity index (χ0v) is 21.4. The van der Waals surface area contributed by atoms with Crippen molar-refractivity contribution in [3.05, 3.63) is 106 Å². The van der Waals surface area contributed by atoms with Gasteiger partial charge in [-0.3, -0.25) is 14.1 Å². The Hall–Kier alpha value is -4.21. The predicted molar refractivity (Wildman–Crippen MR) is 144 cm³/mol. The third-order valence-electron chi connectivity index (χ3n) is 5.92. The first kappa shape index (κ1) is 24.5. The molecule has 5 rings (SSSR count).